The maximum absolute atomic E-state index is 12.7. The van der Waals surface area contributed by atoms with Gasteiger partial charge in [-0.15, -0.1) is 11.8 Å². The van der Waals surface area contributed by atoms with E-state index in [1.165, 1.54) is 30.2 Å². The third kappa shape index (κ3) is 5.25. The van der Waals surface area contributed by atoms with E-state index in [0.29, 0.717) is 13.1 Å². The highest BCUT2D eigenvalue weighted by Gasteiger charge is 2.07. The van der Waals surface area contributed by atoms with Gasteiger partial charge in [-0.25, -0.2) is 4.39 Å². The van der Waals surface area contributed by atoms with Crippen molar-refractivity contribution in [2.75, 3.05) is 18.8 Å². The summed E-state index contributed by atoms with van der Waals surface area (Å²) >= 11 is 1.32. The van der Waals surface area contributed by atoms with Gasteiger partial charge in [0.25, 0.3) is 5.91 Å². The molecule has 2 aromatic rings. The number of furan rings is 1. The average Bonchev–Trinajstić information content (AvgIpc) is 3.05. The van der Waals surface area contributed by atoms with Crippen LogP contribution in [0.2, 0.25) is 0 Å². The molecule has 116 valence electrons. The standard InChI is InChI=1S/C15H15FN2O3S/c16-11-3-5-12(6-4-11)22-10-14(19)17-7-8-18-15(20)13-2-1-9-21-13/h1-6,9H,7-8,10H2,(H,17,19)(H,18,20). The number of hydrogen-bond donors (Lipinski definition) is 2. The smallest absolute Gasteiger partial charge is 0.287 e. The summed E-state index contributed by atoms with van der Waals surface area (Å²) < 4.78 is 17.7. The minimum Gasteiger partial charge on any atom is -0.459 e. The molecule has 0 atom stereocenters. The molecule has 1 aromatic heterocycles. The van der Waals surface area contributed by atoms with Gasteiger partial charge in [-0.3, -0.25) is 9.59 Å². The molecule has 2 amide bonds. The number of nitrogens with one attached hydrogen (secondary N) is 2. The van der Waals surface area contributed by atoms with Gasteiger partial charge in [-0.1, -0.05) is 0 Å². The second kappa shape index (κ2) is 8.23. The van der Waals surface area contributed by atoms with Gasteiger partial charge in [0.15, 0.2) is 5.76 Å². The minimum absolute atomic E-state index is 0.151. The number of halogens is 1. The Labute approximate surface area is 131 Å². The Morgan fingerprint density at radius 2 is 1.82 bits per heavy atom. The monoisotopic (exact) mass is 322 g/mol. The van der Waals surface area contributed by atoms with Crippen LogP contribution in [0.1, 0.15) is 10.6 Å². The van der Waals surface area contributed by atoms with Crippen LogP contribution in [0.5, 0.6) is 0 Å². The molecular formula is C15H15FN2O3S. The third-order valence-corrected chi connectivity index (χ3v) is 3.67. The zero-order valence-corrected chi connectivity index (χ0v) is 12.5. The summed E-state index contributed by atoms with van der Waals surface area (Å²) in [5.74, 6) is -0.307. The second-order valence-corrected chi connectivity index (χ2v) is 5.37. The Morgan fingerprint density at radius 3 is 2.50 bits per heavy atom. The van der Waals surface area contributed by atoms with E-state index in [1.54, 1.807) is 24.3 Å². The van der Waals surface area contributed by atoms with Gasteiger partial charge in [0.05, 0.1) is 12.0 Å². The summed E-state index contributed by atoms with van der Waals surface area (Å²) in [6, 6.07) is 9.14. The maximum atomic E-state index is 12.7. The van der Waals surface area contributed by atoms with Crippen molar-refractivity contribution in [3.63, 3.8) is 0 Å². The fourth-order valence-electron chi connectivity index (χ4n) is 1.60. The molecule has 0 unspecified atom stereocenters. The van der Waals surface area contributed by atoms with E-state index >= 15 is 0 Å². The van der Waals surface area contributed by atoms with Crippen molar-refractivity contribution < 1.29 is 18.4 Å². The molecule has 0 aliphatic carbocycles. The van der Waals surface area contributed by atoms with E-state index in [9.17, 15) is 14.0 Å². The van der Waals surface area contributed by atoms with Gasteiger partial charge >= 0.3 is 0 Å². The lowest BCUT2D eigenvalue weighted by molar-refractivity contribution is -0.118. The number of rotatable bonds is 7. The molecule has 2 rings (SSSR count). The zero-order chi connectivity index (χ0) is 15.8. The number of hydrogen-bond acceptors (Lipinski definition) is 4. The van der Waals surface area contributed by atoms with Gasteiger partial charge in [0.2, 0.25) is 5.91 Å². The van der Waals surface area contributed by atoms with Crippen molar-refractivity contribution in [3.8, 4) is 0 Å². The summed E-state index contributed by atoms with van der Waals surface area (Å²) in [4.78, 5) is 24.0. The molecule has 22 heavy (non-hydrogen) atoms. The molecule has 0 aliphatic heterocycles. The fourth-order valence-corrected chi connectivity index (χ4v) is 2.33. The number of carbonyl (C=O) groups excluding carboxylic acids is 2. The largest absolute Gasteiger partial charge is 0.459 e. The van der Waals surface area contributed by atoms with Crippen LogP contribution in [0.25, 0.3) is 0 Å². The summed E-state index contributed by atoms with van der Waals surface area (Å²) in [6.45, 7) is 0.641. The Kier molecular flexibility index (Phi) is 6.02. The van der Waals surface area contributed by atoms with Gasteiger partial charge in [-0.2, -0.15) is 0 Å². The third-order valence-electron chi connectivity index (χ3n) is 2.66. The molecule has 1 aromatic carbocycles. The van der Waals surface area contributed by atoms with Crippen LogP contribution in [-0.4, -0.2) is 30.7 Å². The Morgan fingerprint density at radius 1 is 1.09 bits per heavy atom. The number of carbonyl (C=O) groups is 2. The molecule has 0 saturated heterocycles. The zero-order valence-electron chi connectivity index (χ0n) is 11.7. The number of amides is 2. The van der Waals surface area contributed by atoms with E-state index < -0.39 is 0 Å². The van der Waals surface area contributed by atoms with Crippen LogP contribution >= 0.6 is 11.8 Å². The van der Waals surface area contributed by atoms with E-state index in [4.69, 9.17) is 4.42 Å². The Bertz CT molecular complexity index is 614. The lowest BCUT2D eigenvalue weighted by Crippen LogP contribution is -2.35. The van der Waals surface area contributed by atoms with Crippen molar-refractivity contribution in [1.82, 2.24) is 10.6 Å². The molecule has 0 spiro atoms. The highest BCUT2D eigenvalue weighted by molar-refractivity contribution is 8.00. The van der Waals surface area contributed by atoms with E-state index in [-0.39, 0.29) is 29.1 Å². The summed E-state index contributed by atoms with van der Waals surface area (Å²) in [5.41, 5.74) is 0. The van der Waals surface area contributed by atoms with Crippen LogP contribution in [-0.2, 0) is 4.79 Å². The molecular weight excluding hydrogens is 307 g/mol. The first-order valence-electron chi connectivity index (χ1n) is 6.62. The quantitative estimate of drug-likeness (QED) is 0.605. The molecule has 7 heteroatoms. The molecule has 5 nitrogen and oxygen atoms in total. The summed E-state index contributed by atoms with van der Waals surface area (Å²) in [6.07, 6.45) is 1.42. The van der Waals surface area contributed by atoms with Crippen LogP contribution in [0.4, 0.5) is 4.39 Å². The van der Waals surface area contributed by atoms with Crippen molar-refractivity contribution in [2.24, 2.45) is 0 Å². The lowest BCUT2D eigenvalue weighted by Gasteiger charge is -2.06. The van der Waals surface area contributed by atoms with Gasteiger partial charge < -0.3 is 15.1 Å². The van der Waals surface area contributed by atoms with Crippen LogP contribution < -0.4 is 10.6 Å². The van der Waals surface area contributed by atoms with Crippen molar-refractivity contribution in [3.05, 3.63) is 54.2 Å². The SMILES string of the molecule is O=C(CSc1ccc(F)cc1)NCCNC(=O)c1ccco1. The number of benzene rings is 1. The minimum atomic E-state index is -0.320. The van der Waals surface area contributed by atoms with Crippen LogP contribution in [0, 0.1) is 5.82 Å². The molecule has 2 N–H and O–H groups in total. The molecule has 1 heterocycles. The predicted octanol–water partition coefficient (Wildman–Crippen LogP) is 2.06. The van der Waals surface area contributed by atoms with Gasteiger partial charge in [-0.05, 0) is 36.4 Å². The van der Waals surface area contributed by atoms with Crippen LogP contribution in [0.15, 0.2) is 52.0 Å². The van der Waals surface area contributed by atoms with E-state index in [1.807, 2.05) is 0 Å². The first kappa shape index (κ1) is 16.1. The van der Waals surface area contributed by atoms with Gasteiger partial charge in [0.1, 0.15) is 5.82 Å². The first-order chi connectivity index (χ1) is 10.6. The van der Waals surface area contributed by atoms with Crippen molar-refractivity contribution in [1.29, 1.82) is 0 Å². The predicted molar refractivity (Wildman–Crippen MR) is 81.2 cm³/mol. The Hall–Kier alpha value is -2.28. The highest BCUT2D eigenvalue weighted by atomic mass is 32.2. The topological polar surface area (TPSA) is 71.3 Å². The maximum Gasteiger partial charge on any atom is 0.287 e. The normalized spacial score (nSPS) is 10.2. The summed E-state index contributed by atoms with van der Waals surface area (Å²) in [5, 5.41) is 5.31. The fraction of sp³-hybridized carbons (Fsp3) is 0.200. The van der Waals surface area contributed by atoms with Crippen LogP contribution in [0.3, 0.4) is 0 Å². The molecule has 0 bridgehead atoms. The lowest BCUT2D eigenvalue weighted by atomic mass is 10.4. The molecule has 0 aliphatic rings. The highest BCUT2D eigenvalue weighted by Crippen LogP contribution is 2.17. The molecule has 0 fully saturated rings. The van der Waals surface area contributed by atoms with Crippen molar-refractivity contribution in [2.45, 2.75) is 4.90 Å². The molecule has 0 saturated carbocycles. The second-order valence-electron chi connectivity index (χ2n) is 4.33. The Balaban J connectivity index is 1.59. The number of thioether (sulfide) groups is 1. The molecule has 0 radical (unpaired) electrons. The average molecular weight is 322 g/mol. The van der Waals surface area contributed by atoms with E-state index in [0.717, 1.165) is 4.90 Å². The summed E-state index contributed by atoms with van der Waals surface area (Å²) in [7, 11) is 0. The first-order valence-corrected chi connectivity index (χ1v) is 7.60. The van der Waals surface area contributed by atoms with Gasteiger partial charge in [0, 0.05) is 18.0 Å². The van der Waals surface area contributed by atoms with E-state index in [2.05, 4.69) is 10.6 Å². The van der Waals surface area contributed by atoms with Crippen molar-refractivity contribution >= 4 is 23.6 Å².